The second kappa shape index (κ2) is 5.93. The molecule has 3 atom stereocenters. The van der Waals surface area contributed by atoms with Crippen LogP contribution >= 0.6 is 0 Å². The van der Waals surface area contributed by atoms with Crippen LogP contribution in [0.2, 0.25) is 0 Å². The molecule has 19 heavy (non-hydrogen) atoms. The lowest BCUT2D eigenvalue weighted by Crippen LogP contribution is -2.40. The van der Waals surface area contributed by atoms with E-state index in [-0.39, 0.29) is 11.8 Å². The average molecular weight is 267 g/mol. The standard InChI is InChI=1S/C15H25NO3/c1-3-10-7-12(13(8-10)15(18)19)14(17)16(2)9-11-5-4-6-11/h10-13H,3-9H2,1-2H3,(H,18,19)/t10?,12-,13+/m0/s1. The first-order chi connectivity index (χ1) is 9.02. The fourth-order valence-corrected chi connectivity index (χ4v) is 3.46. The molecule has 1 amide bonds. The predicted octanol–water partition coefficient (Wildman–Crippen LogP) is 2.38. The predicted molar refractivity (Wildman–Crippen MR) is 72.6 cm³/mol. The van der Waals surface area contributed by atoms with Crippen molar-refractivity contribution in [2.45, 2.75) is 45.4 Å². The number of carbonyl (C=O) groups excluding carboxylic acids is 1. The van der Waals surface area contributed by atoms with Crippen molar-refractivity contribution in [2.75, 3.05) is 13.6 Å². The van der Waals surface area contributed by atoms with Gasteiger partial charge in [0.2, 0.25) is 5.91 Å². The summed E-state index contributed by atoms with van der Waals surface area (Å²) in [5, 5.41) is 9.30. The van der Waals surface area contributed by atoms with Crippen molar-refractivity contribution in [1.82, 2.24) is 4.90 Å². The normalized spacial score (nSPS) is 30.9. The lowest BCUT2D eigenvalue weighted by Gasteiger charge is -2.32. The molecule has 108 valence electrons. The van der Waals surface area contributed by atoms with Gasteiger partial charge in [-0.15, -0.1) is 0 Å². The molecule has 1 unspecified atom stereocenters. The summed E-state index contributed by atoms with van der Waals surface area (Å²) in [4.78, 5) is 25.6. The molecule has 0 heterocycles. The Hall–Kier alpha value is -1.06. The number of hydrogen-bond donors (Lipinski definition) is 1. The fraction of sp³-hybridized carbons (Fsp3) is 0.867. The molecule has 2 fully saturated rings. The van der Waals surface area contributed by atoms with Crippen molar-refractivity contribution in [2.24, 2.45) is 23.7 Å². The van der Waals surface area contributed by atoms with Crippen LogP contribution in [-0.4, -0.2) is 35.5 Å². The number of carboxylic acids is 1. The van der Waals surface area contributed by atoms with Crippen LogP contribution in [0.25, 0.3) is 0 Å². The summed E-state index contributed by atoms with van der Waals surface area (Å²) >= 11 is 0. The Morgan fingerprint density at radius 3 is 2.26 bits per heavy atom. The number of aliphatic carboxylic acids is 1. The van der Waals surface area contributed by atoms with E-state index in [1.165, 1.54) is 19.3 Å². The Morgan fingerprint density at radius 2 is 1.79 bits per heavy atom. The van der Waals surface area contributed by atoms with Crippen molar-refractivity contribution in [3.63, 3.8) is 0 Å². The van der Waals surface area contributed by atoms with Gasteiger partial charge in [0.15, 0.2) is 0 Å². The van der Waals surface area contributed by atoms with Gasteiger partial charge in [-0.1, -0.05) is 19.8 Å². The molecule has 0 saturated heterocycles. The van der Waals surface area contributed by atoms with Crippen LogP contribution in [0.4, 0.5) is 0 Å². The zero-order valence-electron chi connectivity index (χ0n) is 12.0. The molecule has 0 bridgehead atoms. The van der Waals surface area contributed by atoms with E-state index in [1.807, 2.05) is 7.05 Å². The van der Waals surface area contributed by atoms with Crippen molar-refractivity contribution < 1.29 is 14.7 Å². The van der Waals surface area contributed by atoms with Gasteiger partial charge in [-0.2, -0.15) is 0 Å². The quantitative estimate of drug-likeness (QED) is 0.832. The van der Waals surface area contributed by atoms with E-state index in [0.29, 0.717) is 18.3 Å². The minimum Gasteiger partial charge on any atom is -0.481 e. The first-order valence-electron chi connectivity index (χ1n) is 7.50. The van der Waals surface area contributed by atoms with Crippen LogP contribution < -0.4 is 0 Å². The molecule has 2 rings (SSSR count). The molecule has 0 aliphatic heterocycles. The van der Waals surface area contributed by atoms with Gasteiger partial charge in [0.1, 0.15) is 0 Å². The number of nitrogens with zero attached hydrogens (tertiary/aromatic N) is 1. The fourth-order valence-electron chi connectivity index (χ4n) is 3.46. The highest BCUT2D eigenvalue weighted by Gasteiger charge is 2.43. The van der Waals surface area contributed by atoms with Gasteiger partial charge in [0, 0.05) is 13.6 Å². The molecule has 0 aromatic heterocycles. The minimum absolute atomic E-state index is 0.0512. The average Bonchev–Trinajstić information content (AvgIpc) is 2.76. The summed E-state index contributed by atoms with van der Waals surface area (Å²) in [6, 6.07) is 0. The first-order valence-corrected chi connectivity index (χ1v) is 7.50. The monoisotopic (exact) mass is 267 g/mol. The topological polar surface area (TPSA) is 57.6 Å². The van der Waals surface area contributed by atoms with Gasteiger partial charge >= 0.3 is 5.97 Å². The summed E-state index contributed by atoms with van der Waals surface area (Å²) in [6.07, 6.45) is 6.08. The van der Waals surface area contributed by atoms with Crippen LogP contribution in [0, 0.1) is 23.7 Å². The van der Waals surface area contributed by atoms with E-state index in [0.717, 1.165) is 19.4 Å². The summed E-state index contributed by atoms with van der Waals surface area (Å²) in [5.74, 6) is -0.483. The van der Waals surface area contributed by atoms with Crippen molar-refractivity contribution in [3.05, 3.63) is 0 Å². The maximum atomic E-state index is 12.5. The van der Waals surface area contributed by atoms with Crippen LogP contribution in [0.3, 0.4) is 0 Å². The second-order valence-electron chi connectivity index (χ2n) is 6.31. The Morgan fingerprint density at radius 1 is 1.16 bits per heavy atom. The van der Waals surface area contributed by atoms with Crippen LogP contribution in [-0.2, 0) is 9.59 Å². The van der Waals surface area contributed by atoms with E-state index >= 15 is 0 Å². The number of carbonyl (C=O) groups is 2. The minimum atomic E-state index is -0.800. The highest BCUT2D eigenvalue weighted by atomic mass is 16.4. The third kappa shape index (κ3) is 3.10. The largest absolute Gasteiger partial charge is 0.481 e. The summed E-state index contributed by atoms with van der Waals surface area (Å²) < 4.78 is 0. The van der Waals surface area contributed by atoms with Gasteiger partial charge in [0.25, 0.3) is 0 Å². The maximum absolute atomic E-state index is 12.5. The molecule has 1 N–H and O–H groups in total. The summed E-state index contributed by atoms with van der Waals surface area (Å²) in [7, 11) is 1.83. The molecule has 2 aliphatic carbocycles. The molecule has 0 aromatic rings. The zero-order valence-corrected chi connectivity index (χ0v) is 12.0. The lowest BCUT2D eigenvalue weighted by molar-refractivity contribution is -0.148. The number of hydrogen-bond acceptors (Lipinski definition) is 2. The number of amides is 1. The van der Waals surface area contributed by atoms with E-state index in [1.54, 1.807) is 4.90 Å². The van der Waals surface area contributed by atoms with E-state index in [4.69, 9.17) is 0 Å². The molecular weight excluding hydrogens is 242 g/mol. The second-order valence-corrected chi connectivity index (χ2v) is 6.31. The molecule has 2 aliphatic rings. The zero-order chi connectivity index (χ0) is 14.0. The third-order valence-corrected chi connectivity index (χ3v) is 5.01. The van der Waals surface area contributed by atoms with Gasteiger partial charge in [0.05, 0.1) is 11.8 Å². The number of carboxylic acid groups (broad SMARTS) is 1. The Kier molecular flexibility index (Phi) is 4.48. The first kappa shape index (κ1) is 14.4. The molecule has 2 saturated carbocycles. The number of rotatable bonds is 5. The molecule has 0 radical (unpaired) electrons. The summed E-state index contributed by atoms with van der Waals surface area (Å²) in [6.45, 7) is 2.88. The van der Waals surface area contributed by atoms with Crippen LogP contribution in [0.15, 0.2) is 0 Å². The van der Waals surface area contributed by atoms with E-state index in [9.17, 15) is 14.7 Å². The third-order valence-electron chi connectivity index (χ3n) is 5.01. The van der Waals surface area contributed by atoms with Crippen molar-refractivity contribution in [1.29, 1.82) is 0 Å². The Labute approximate surface area is 115 Å². The van der Waals surface area contributed by atoms with E-state index < -0.39 is 11.9 Å². The summed E-state index contributed by atoms with van der Waals surface area (Å²) in [5.41, 5.74) is 0. The molecule has 0 aromatic carbocycles. The van der Waals surface area contributed by atoms with Crippen molar-refractivity contribution >= 4 is 11.9 Å². The smallest absolute Gasteiger partial charge is 0.307 e. The van der Waals surface area contributed by atoms with Gasteiger partial charge in [-0.05, 0) is 37.5 Å². The van der Waals surface area contributed by atoms with Gasteiger partial charge in [-0.3, -0.25) is 9.59 Å². The molecule has 4 heteroatoms. The van der Waals surface area contributed by atoms with Crippen molar-refractivity contribution in [3.8, 4) is 0 Å². The van der Waals surface area contributed by atoms with Gasteiger partial charge in [-0.25, -0.2) is 0 Å². The van der Waals surface area contributed by atoms with Crippen LogP contribution in [0.1, 0.15) is 45.4 Å². The molecule has 4 nitrogen and oxygen atoms in total. The molecular formula is C15H25NO3. The Balaban J connectivity index is 1.96. The van der Waals surface area contributed by atoms with Crippen LogP contribution in [0.5, 0.6) is 0 Å². The highest BCUT2D eigenvalue weighted by Crippen LogP contribution is 2.39. The SMILES string of the molecule is CCC1C[C@H](C(=O)N(C)CC2CCC2)[C@H](C(=O)O)C1. The molecule has 0 spiro atoms. The lowest BCUT2D eigenvalue weighted by atomic mass is 9.84. The van der Waals surface area contributed by atoms with E-state index in [2.05, 4.69) is 6.92 Å². The maximum Gasteiger partial charge on any atom is 0.307 e. The Bertz CT molecular complexity index is 351. The highest BCUT2D eigenvalue weighted by molar-refractivity contribution is 5.85. The van der Waals surface area contributed by atoms with Gasteiger partial charge < -0.3 is 10.0 Å².